The summed E-state index contributed by atoms with van der Waals surface area (Å²) in [5.74, 6) is -0.123. The van der Waals surface area contributed by atoms with E-state index in [4.69, 9.17) is 8.37 Å². The topological polar surface area (TPSA) is 52.6 Å². The maximum absolute atomic E-state index is 13.0. The number of carbonyl (C=O) groups is 1. The molecule has 0 bridgehead atoms. The third kappa shape index (κ3) is 5.40. The van der Waals surface area contributed by atoms with E-state index in [9.17, 15) is 9.00 Å². The Morgan fingerprint density at radius 2 is 1.45 bits per heavy atom. The van der Waals surface area contributed by atoms with E-state index in [2.05, 4.69) is 0 Å². The number of aryl methyl sites for hydroxylation is 3. The van der Waals surface area contributed by atoms with Gasteiger partial charge in [-0.25, -0.2) is 0 Å². The van der Waals surface area contributed by atoms with Crippen LogP contribution in [0.5, 0.6) is 5.75 Å². The second-order valence-electron chi connectivity index (χ2n) is 6.99. The highest BCUT2D eigenvalue weighted by molar-refractivity contribution is 7.75. The highest BCUT2D eigenvalue weighted by Crippen LogP contribution is 2.26. The van der Waals surface area contributed by atoms with Gasteiger partial charge in [0.15, 0.2) is 5.78 Å². The Balaban J connectivity index is 1.75. The van der Waals surface area contributed by atoms with Crippen LogP contribution in [0.3, 0.4) is 0 Å². The maximum Gasteiger partial charge on any atom is 0.360 e. The van der Waals surface area contributed by atoms with Crippen molar-refractivity contribution in [3.05, 3.63) is 101 Å². The van der Waals surface area contributed by atoms with Gasteiger partial charge in [0.1, 0.15) is 5.75 Å². The van der Waals surface area contributed by atoms with Crippen LogP contribution >= 0.6 is 0 Å². The summed E-state index contributed by atoms with van der Waals surface area (Å²) in [5.41, 5.74) is 4.28. The normalized spacial score (nSPS) is 12.9. The first-order valence-electron chi connectivity index (χ1n) is 9.41. The Morgan fingerprint density at radius 3 is 2.03 bits per heavy atom. The molecule has 0 heterocycles. The van der Waals surface area contributed by atoms with Gasteiger partial charge in [-0.15, -0.1) is 0 Å². The summed E-state index contributed by atoms with van der Waals surface area (Å²) in [5, 5.41) is 0. The summed E-state index contributed by atoms with van der Waals surface area (Å²) < 4.78 is 23.5. The molecule has 5 heteroatoms. The summed E-state index contributed by atoms with van der Waals surface area (Å²) in [6.07, 6.45) is 0. The zero-order chi connectivity index (χ0) is 20.8. The molecule has 0 aliphatic heterocycles. The molecule has 0 radical (unpaired) electrons. The molecule has 29 heavy (non-hydrogen) atoms. The second-order valence-corrected chi connectivity index (χ2v) is 7.80. The van der Waals surface area contributed by atoms with E-state index >= 15 is 0 Å². The van der Waals surface area contributed by atoms with Crippen LogP contribution in [0.2, 0.25) is 0 Å². The molecule has 0 fully saturated rings. The Hall–Kier alpha value is -2.76. The van der Waals surface area contributed by atoms with Gasteiger partial charge >= 0.3 is 11.4 Å². The Bertz CT molecular complexity index is 977. The Morgan fingerprint density at radius 1 is 0.897 bits per heavy atom. The molecule has 0 spiro atoms. The Labute approximate surface area is 174 Å². The highest BCUT2D eigenvalue weighted by Gasteiger charge is 2.24. The lowest BCUT2D eigenvalue weighted by molar-refractivity contribution is 0.0932. The first-order chi connectivity index (χ1) is 14.0. The van der Waals surface area contributed by atoms with Crippen molar-refractivity contribution in [2.45, 2.75) is 26.7 Å². The third-order valence-corrected chi connectivity index (χ3v) is 5.29. The molecule has 3 rings (SSSR count). The molecule has 2 atom stereocenters. The van der Waals surface area contributed by atoms with Gasteiger partial charge in [0.05, 0.1) is 12.5 Å². The number of rotatable bonds is 8. The lowest BCUT2D eigenvalue weighted by atomic mass is 9.91. The fraction of sp³-hybridized carbons (Fsp3) is 0.208. The summed E-state index contributed by atoms with van der Waals surface area (Å²) in [4.78, 5) is 13.0. The van der Waals surface area contributed by atoms with E-state index in [-0.39, 0.29) is 12.4 Å². The predicted molar refractivity (Wildman–Crippen MR) is 115 cm³/mol. The summed E-state index contributed by atoms with van der Waals surface area (Å²) in [6.45, 7) is 5.75. The van der Waals surface area contributed by atoms with E-state index in [1.807, 2.05) is 81.4 Å². The van der Waals surface area contributed by atoms with Gasteiger partial charge in [0.2, 0.25) is 0 Å². The van der Waals surface area contributed by atoms with E-state index < -0.39 is 17.3 Å². The number of carbonyl (C=O) groups excluding carboxylic acids is 1. The second kappa shape index (κ2) is 9.63. The van der Waals surface area contributed by atoms with Gasteiger partial charge in [-0.05, 0) is 37.5 Å². The highest BCUT2D eigenvalue weighted by atomic mass is 32.2. The summed E-state index contributed by atoms with van der Waals surface area (Å²) >= 11 is -2.02. The third-order valence-electron chi connectivity index (χ3n) is 4.66. The minimum Gasteiger partial charge on any atom is -0.379 e. The van der Waals surface area contributed by atoms with Crippen LogP contribution in [-0.4, -0.2) is 16.6 Å². The van der Waals surface area contributed by atoms with Crippen LogP contribution in [0.15, 0.2) is 72.8 Å². The van der Waals surface area contributed by atoms with Gasteiger partial charge in [0, 0.05) is 5.56 Å². The van der Waals surface area contributed by atoms with Gasteiger partial charge in [0.25, 0.3) is 0 Å². The van der Waals surface area contributed by atoms with E-state index in [0.717, 1.165) is 22.3 Å². The molecule has 0 N–H and O–H groups in total. The van der Waals surface area contributed by atoms with Crippen LogP contribution in [-0.2, 0) is 15.5 Å². The van der Waals surface area contributed by atoms with E-state index in [0.29, 0.717) is 11.3 Å². The molecule has 0 aliphatic carbocycles. The van der Waals surface area contributed by atoms with Crippen LogP contribution in [0.25, 0.3) is 0 Å². The van der Waals surface area contributed by atoms with Crippen molar-refractivity contribution in [1.82, 2.24) is 0 Å². The molecule has 0 saturated carbocycles. The van der Waals surface area contributed by atoms with Crippen molar-refractivity contribution in [2.24, 2.45) is 0 Å². The SMILES string of the molecule is Cc1cc(C)c(OS(=O)OCC(C(=O)c2ccccc2)c2ccccc2)c(C)c1. The zero-order valence-electron chi connectivity index (χ0n) is 16.8. The minimum absolute atomic E-state index is 0.0473. The first kappa shape index (κ1) is 21.0. The fourth-order valence-electron chi connectivity index (χ4n) is 3.33. The fourth-order valence-corrected chi connectivity index (χ4v) is 4.02. The van der Waals surface area contributed by atoms with Crippen molar-refractivity contribution >= 4 is 17.1 Å². The largest absolute Gasteiger partial charge is 0.379 e. The number of ketones is 1. The van der Waals surface area contributed by atoms with Crippen LogP contribution in [0, 0.1) is 20.8 Å². The molecular formula is C24H24O4S. The van der Waals surface area contributed by atoms with Crippen LogP contribution in [0.1, 0.15) is 38.5 Å². The average molecular weight is 409 g/mol. The van der Waals surface area contributed by atoms with Crippen molar-refractivity contribution in [1.29, 1.82) is 0 Å². The quantitative estimate of drug-likeness (QED) is 0.478. The maximum atomic E-state index is 13.0. The van der Waals surface area contributed by atoms with Crippen molar-refractivity contribution in [3.63, 3.8) is 0 Å². The smallest absolute Gasteiger partial charge is 0.360 e. The van der Waals surface area contributed by atoms with Gasteiger partial charge in [-0.3, -0.25) is 8.98 Å². The summed E-state index contributed by atoms with van der Waals surface area (Å²) in [6, 6.07) is 22.3. The van der Waals surface area contributed by atoms with Gasteiger partial charge < -0.3 is 4.18 Å². The number of hydrogen-bond acceptors (Lipinski definition) is 4. The average Bonchev–Trinajstić information content (AvgIpc) is 2.72. The number of Topliss-reactive ketones (excluding diaryl/α,β-unsaturated/α-hetero) is 1. The van der Waals surface area contributed by atoms with Crippen LogP contribution in [0.4, 0.5) is 0 Å². The van der Waals surface area contributed by atoms with Gasteiger partial charge in [-0.2, -0.15) is 4.21 Å². The van der Waals surface area contributed by atoms with Crippen molar-refractivity contribution < 1.29 is 17.4 Å². The lowest BCUT2D eigenvalue weighted by Gasteiger charge is -2.17. The minimum atomic E-state index is -2.02. The van der Waals surface area contributed by atoms with E-state index in [1.54, 1.807) is 12.1 Å². The molecule has 0 aliphatic rings. The Kier molecular flexibility index (Phi) is 6.96. The standard InChI is InChI=1S/C24H24O4S/c1-17-14-18(2)24(19(3)15-17)28-29(26)27-16-22(20-10-6-4-7-11-20)23(25)21-12-8-5-9-13-21/h4-15,22H,16H2,1-3H3. The number of hydrogen-bond donors (Lipinski definition) is 0. The van der Waals surface area contributed by atoms with E-state index in [1.165, 1.54) is 0 Å². The molecule has 150 valence electrons. The molecular weight excluding hydrogens is 384 g/mol. The molecule has 4 nitrogen and oxygen atoms in total. The molecule has 0 saturated heterocycles. The first-order valence-corrected chi connectivity index (χ1v) is 10.4. The molecule has 0 aromatic heterocycles. The molecule has 3 aromatic carbocycles. The number of benzene rings is 3. The molecule has 0 amide bonds. The van der Waals surface area contributed by atoms with Crippen LogP contribution < -0.4 is 4.18 Å². The molecule has 3 aromatic rings. The van der Waals surface area contributed by atoms with Gasteiger partial charge in [-0.1, -0.05) is 78.4 Å². The van der Waals surface area contributed by atoms with Crippen molar-refractivity contribution in [3.8, 4) is 5.75 Å². The van der Waals surface area contributed by atoms with Crippen molar-refractivity contribution in [2.75, 3.05) is 6.61 Å². The monoisotopic (exact) mass is 408 g/mol. The summed E-state index contributed by atoms with van der Waals surface area (Å²) in [7, 11) is 0. The lowest BCUT2D eigenvalue weighted by Crippen LogP contribution is -2.20. The molecule has 2 unspecified atom stereocenters. The zero-order valence-corrected chi connectivity index (χ0v) is 17.6. The predicted octanol–water partition coefficient (Wildman–Crippen LogP) is 5.25.